The van der Waals surface area contributed by atoms with E-state index in [0.717, 1.165) is 13.0 Å². The summed E-state index contributed by atoms with van der Waals surface area (Å²) in [5.74, 6) is 0.479. The van der Waals surface area contributed by atoms with Crippen molar-refractivity contribution in [1.29, 1.82) is 0 Å². The number of benzene rings is 1. The Labute approximate surface area is 96.1 Å². The molecule has 1 aromatic carbocycles. The van der Waals surface area contributed by atoms with Gasteiger partial charge in [-0.15, -0.1) is 0 Å². The van der Waals surface area contributed by atoms with Crippen LogP contribution in [-0.4, -0.2) is 12.5 Å². The van der Waals surface area contributed by atoms with Crippen molar-refractivity contribution in [3.8, 4) is 0 Å². The minimum Gasteiger partial charge on any atom is -0.355 e. The lowest BCUT2D eigenvalue weighted by Crippen LogP contribution is -2.38. The van der Waals surface area contributed by atoms with E-state index >= 15 is 0 Å². The van der Waals surface area contributed by atoms with Gasteiger partial charge in [0.1, 0.15) is 0 Å². The van der Waals surface area contributed by atoms with Crippen LogP contribution in [0.3, 0.4) is 0 Å². The Hall–Kier alpha value is -1.31. The van der Waals surface area contributed by atoms with Gasteiger partial charge in [0.05, 0.1) is 0 Å². The summed E-state index contributed by atoms with van der Waals surface area (Å²) in [4.78, 5) is 11.9. The van der Waals surface area contributed by atoms with Gasteiger partial charge in [0.25, 0.3) is 0 Å². The zero-order valence-corrected chi connectivity index (χ0v) is 9.41. The van der Waals surface area contributed by atoms with Crippen molar-refractivity contribution < 1.29 is 4.79 Å². The van der Waals surface area contributed by atoms with E-state index in [1.807, 2.05) is 6.07 Å². The van der Waals surface area contributed by atoms with Gasteiger partial charge in [0, 0.05) is 12.5 Å². The van der Waals surface area contributed by atoms with Gasteiger partial charge in [-0.25, -0.2) is 0 Å². The van der Waals surface area contributed by atoms with Crippen LogP contribution in [0.15, 0.2) is 30.3 Å². The summed E-state index contributed by atoms with van der Waals surface area (Å²) < 4.78 is 0. The second-order valence-electron chi connectivity index (χ2n) is 5.18. The molecule has 1 aliphatic carbocycles. The normalized spacial score (nSPS) is 26.5. The van der Waals surface area contributed by atoms with Crippen molar-refractivity contribution in [2.45, 2.75) is 25.7 Å². The van der Waals surface area contributed by atoms with E-state index in [1.54, 1.807) is 0 Å². The van der Waals surface area contributed by atoms with Gasteiger partial charge in [-0.05, 0) is 30.2 Å². The molecule has 1 saturated heterocycles. The first-order valence-electron chi connectivity index (χ1n) is 6.12. The largest absolute Gasteiger partial charge is 0.355 e. The van der Waals surface area contributed by atoms with Crippen molar-refractivity contribution >= 4 is 5.91 Å². The second-order valence-corrected chi connectivity index (χ2v) is 5.18. The molecule has 1 aromatic rings. The van der Waals surface area contributed by atoms with Crippen molar-refractivity contribution in [3.05, 3.63) is 35.9 Å². The number of carbonyl (C=O) groups excluding carboxylic acids is 1. The fourth-order valence-corrected chi connectivity index (χ4v) is 3.10. The van der Waals surface area contributed by atoms with E-state index in [-0.39, 0.29) is 11.8 Å². The van der Waals surface area contributed by atoms with Crippen LogP contribution < -0.4 is 5.32 Å². The molecule has 1 N–H and O–H groups in total. The predicted octanol–water partition coefficient (Wildman–Crippen LogP) is 2.15. The first-order valence-corrected chi connectivity index (χ1v) is 6.12. The van der Waals surface area contributed by atoms with Crippen LogP contribution >= 0.6 is 0 Å². The van der Waals surface area contributed by atoms with Crippen LogP contribution in [0.2, 0.25) is 0 Å². The maximum atomic E-state index is 11.9. The maximum absolute atomic E-state index is 11.9. The van der Waals surface area contributed by atoms with Crippen LogP contribution in [-0.2, 0) is 11.2 Å². The lowest BCUT2D eigenvalue weighted by atomic mass is 9.61. The highest BCUT2D eigenvalue weighted by Gasteiger charge is 2.51. The topological polar surface area (TPSA) is 29.1 Å². The molecule has 2 nitrogen and oxygen atoms in total. The number of amides is 1. The third-order valence-corrected chi connectivity index (χ3v) is 4.30. The zero-order chi connectivity index (χ0) is 11.0. The van der Waals surface area contributed by atoms with Gasteiger partial charge in [-0.3, -0.25) is 4.79 Å². The molecule has 1 atom stereocenters. The molecule has 1 saturated carbocycles. The van der Waals surface area contributed by atoms with Crippen molar-refractivity contribution in [3.63, 3.8) is 0 Å². The Morgan fingerprint density at radius 3 is 2.62 bits per heavy atom. The van der Waals surface area contributed by atoms with Crippen LogP contribution in [0, 0.1) is 11.3 Å². The number of rotatable bonds is 2. The Bertz CT molecular complexity index is 394. The summed E-state index contributed by atoms with van der Waals surface area (Å²) in [7, 11) is 0. The summed E-state index contributed by atoms with van der Waals surface area (Å²) in [5, 5.41) is 3.04. The highest BCUT2D eigenvalue weighted by molar-refractivity contribution is 5.82. The van der Waals surface area contributed by atoms with E-state index in [1.165, 1.54) is 24.8 Å². The molecule has 3 rings (SSSR count). The Balaban J connectivity index is 1.80. The summed E-state index contributed by atoms with van der Waals surface area (Å²) in [6.45, 7) is 0.906. The lowest BCUT2D eigenvalue weighted by Gasteiger charge is -2.41. The Kier molecular flexibility index (Phi) is 2.23. The molecule has 1 unspecified atom stereocenters. The molecular weight excluding hydrogens is 198 g/mol. The molecule has 2 heteroatoms. The fourth-order valence-electron chi connectivity index (χ4n) is 3.10. The number of carbonyl (C=O) groups is 1. The van der Waals surface area contributed by atoms with Gasteiger partial charge < -0.3 is 5.32 Å². The minimum atomic E-state index is 0.212. The van der Waals surface area contributed by atoms with E-state index in [9.17, 15) is 4.79 Å². The maximum Gasteiger partial charge on any atom is 0.224 e. The number of hydrogen-bond donors (Lipinski definition) is 1. The Morgan fingerprint density at radius 2 is 2.00 bits per heavy atom. The minimum absolute atomic E-state index is 0.212. The third-order valence-electron chi connectivity index (χ3n) is 4.30. The molecule has 1 aliphatic heterocycles. The fraction of sp³-hybridized carbons (Fsp3) is 0.500. The summed E-state index contributed by atoms with van der Waals surface area (Å²) in [5.41, 5.74) is 1.59. The molecule has 16 heavy (non-hydrogen) atoms. The average molecular weight is 215 g/mol. The van der Waals surface area contributed by atoms with Crippen molar-refractivity contribution in [2.75, 3.05) is 6.54 Å². The molecule has 0 radical (unpaired) electrons. The smallest absolute Gasteiger partial charge is 0.224 e. The molecule has 2 aliphatic rings. The van der Waals surface area contributed by atoms with Crippen molar-refractivity contribution in [2.24, 2.45) is 11.3 Å². The molecule has 84 valence electrons. The first kappa shape index (κ1) is 9.88. The monoisotopic (exact) mass is 215 g/mol. The summed E-state index contributed by atoms with van der Waals surface area (Å²) >= 11 is 0. The van der Waals surface area contributed by atoms with E-state index in [2.05, 4.69) is 29.6 Å². The zero-order valence-electron chi connectivity index (χ0n) is 9.41. The first-order chi connectivity index (χ1) is 7.80. The molecule has 0 aromatic heterocycles. The Morgan fingerprint density at radius 1 is 1.25 bits per heavy atom. The van der Waals surface area contributed by atoms with Gasteiger partial charge in [-0.1, -0.05) is 36.8 Å². The SMILES string of the molecule is O=C1NCC2(CCC2)C1Cc1ccccc1. The van der Waals surface area contributed by atoms with E-state index < -0.39 is 0 Å². The number of hydrogen-bond acceptors (Lipinski definition) is 1. The standard InChI is InChI=1S/C14H17NO/c16-13-12(9-11-5-2-1-3-6-11)14(10-15-13)7-4-8-14/h1-3,5-6,12H,4,7-10H2,(H,15,16). The summed E-state index contributed by atoms with van der Waals surface area (Å²) in [6.07, 6.45) is 4.65. The van der Waals surface area contributed by atoms with Gasteiger partial charge in [-0.2, -0.15) is 0 Å². The highest BCUT2D eigenvalue weighted by atomic mass is 16.2. The molecule has 1 spiro atoms. The average Bonchev–Trinajstić information content (AvgIpc) is 2.58. The van der Waals surface area contributed by atoms with Crippen LogP contribution in [0.4, 0.5) is 0 Å². The van der Waals surface area contributed by atoms with Crippen LogP contribution in [0.1, 0.15) is 24.8 Å². The van der Waals surface area contributed by atoms with Gasteiger partial charge in [0.15, 0.2) is 0 Å². The highest BCUT2D eigenvalue weighted by Crippen LogP contribution is 2.50. The molecule has 0 bridgehead atoms. The molecule has 1 heterocycles. The predicted molar refractivity (Wildman–Crippen MR) is 62.9 cm³/mol. The molecule has 1 amide bonds. The quantitative estimate of drug-likeness (QED) is 0.804. The van der Waals surface area contributed by atoms with Gasteiger partial charge >= 0.3 is 0 Å². The van der Waals surface area contributed by atoms with E-state index in [0.29, 0.717) is 5.41 Å². The van der Waals surface area contributed by atoms with Crippen LogP contribution in [0.25, 0.3) is 0 Å². The van der Waals surface area contributed by atoms with E-state index in [4.69, 9.17) is 0 Å². The molecular formula is C14H17NO. The summed E-state index contributed by atoms with van der Waals surface area (Å²) in [6, 6.07) is 10.4. The second kappa shape index (κ2) is 3.62. The molecule has 2 fully saturated rings. The van der Waals surface area contributed by atoms with Crippen LogP contribution in [0.5, 0.6) is 0 Å². The lowest BCUT2D eigenvalue weighted by molar-refractivity contribution is -0.124. The third kappa shape index (κ3) is 1.44. The van der Waals surface area contributed by atoms with Gasteiger partial charge in [0.2, 0.25) is 5.91 Å². The van der Waals surface area contributed by atoms with Crippen molar-refractivity contribution in [1.82, 2.24) is 5.32 Å². The number of nitrogens with one attached hydrogen (secondary N) is 1.